The molecule has 0 radical (unpaired) electrons. The number of benzene rings is 3. The number of rotatable bonds is 8. The number of furan rings is 2. The standard InChI is InChI=1S/C29H21N3O7/c1-37-26-17-19(10-13-22(26)31-29(34)27-16-18-6-2-5-9-24(18)39-27)30-28(33)15-12-20-11-14-25(38-20)21-7-3-4-8-23(21)32(35)36/h2-17H,1H3,(H,30,33)(H,31,34)/b15-12+. The normalized spacial score (nSPS) is 11.0. The first kappa shape index (κ1) is 25.0. The Kier molecular flexibility index (Phi) is 6.91. The Hall–Kier alpha value is -5.64. The highest BCUT2D eigenvalue weighted by Gasteiger charge is 2.17. The van der Waals surface area contributed by atoms with Gasteiger partial charge in [-0.2, -0.15) is 0 Å². The first-order chi connectivity index (χ1) is 18.9. The minimum Gasteiger partial charge on any atom is -0.494 e. The summed E-state index contributed by atoms with van der Waals surface area (Å²) >= 11 is 0. The third kappa shape index (κ3) is 5.54. The molecule has 5 aromatic rings. The Bertz CT molecular complexity index is 1700. The number of para-hydroxylation sites is 2. The molecule has 10 nitrogen and oxygen atoms in total. The highest BCUT2D eigenvalue weighted by molar-refractivity contribution is 6.06. The van der Waals surface area contributed by atoms with Crippen LogP contribution < -0.4 is 15.4 Å². The van der Waals surface area contributed by atoms with E-state index >= 15 is 0 Å². The molecule has 0 fully saturated rings. The molecule has 0 saturated carbocycles. The van der Waals surface area contributed by atoms with Crippen LogP contribution >= 0.6 is 0 Å². The van der Waals surface area contributed by atoms with Gasteiger partial charge >= 0.3 is 0 Å². The Labute approximate surface area is 221 Å². The molecule has 0 bridgehead atoms. The van der Waals surface area contributed by atoms with Crippen molar-refractivity contribution in [3.63, 3.8) is 0 Å². The van der Waals surface area contributed by atoms with Gasteiger partial charge < -0.3 is 24.2 Å². The van der Waals surface area contributed by atoms with Crippen LogP contribution in [0.3, 0.4) is 0 Å². The molecule has 2 N–H and O–H groups in total. The summed E-state index contributed by atoms with van der Waals surface area (Å²) in [4.78, 5) is 36.0. The van der Waals surface area contributed by atoms with E-state index in [1.807, 2.05) is 18.2 Å². The second-order valence-corrected chi connectivity index (χ2v) is 8.32. The third-order valence-electron chi connectivity index (χ3n) is 5.76. The maximum absolute atomic E-state index is 12.7. The highest BCUT2D eigenvalue weighted by Crippen LogP contribution is 2.32. The Morgan fingerprint density at radius 3 is 2.51 bits per heavy atom. The first-order valence-electron chi connectivity index (χ1n) is 11.7. The molecule has 3 aromatic carbocycles. The van der Waals surface area contributed by atoms with Gasteiger partial charge in [-0.1, -0.05) is 30.3 Å². The van der Waals surface area contributed by atoms with Gasteiger partial charge in [0.15, 0.2) is 5.76 Å². The van der Waals surface area contributed by atoms with Gasteiger partial charge in [0.2, 0.25) is 5.91 Å². The van der Waals surface area contributed by atoms with Gasteiger partial charge in [0.25, 0.3) is 11.6 Å². The lowest BCUT2D eigenvalue weighted by molar-refractivity contribution is -0.384. The van der Waals surface area contributed by atoms with Crippen molar-refractivity contribution in [2.75, 3.05) is 17.7 Å². The number of ether oxygens (including phenoxy) is 1. The van der Waals surface area contributed by atoms with E-state index in [9.17, 15) is 19.7 Å². The van der Waals surface area contributed by atoms with Crippen LogP contribution in [0.2, 0.25) is 0 Å². The molecule has 0 aliphatic heterocycles. The van der Waals surface area contributed by atoms with Gasteiger partial charge in [0, 0.05) is 29.3 Å². The number of amides is 2. The van der Waals surface area contributed by atoms with Crippen LogP contribution in [0, 0.1) is 10.1 Å². The maximum atomic E-state index is 12.7. The van der Waals surface area contributed by atoms with Gasteiger partial charge in [0.1, 0.15) is 22.9 Å². The van der Waals surface area contributed by atoms with Crippen molar-refractivity contribution in [2.45, 2.75) is 0 Å². The van der Waals surface area contributed by atoms with E-state index < -0.39 is 16.7 Å². The number of methoxy groups -OCH3 is 1. The van der Waals surface area contributed by atoms with Crippen LogP contribution in [0.4, 0.5) is 17.1 Å². The lowest BCUT2D eigenvalue weighted by atomic mass is 10.1. The number of nitrogens with one attached hydrogen (secondary N) is 2. The lowest BCUT2D eigenvalue weighted by Crippen LogP contribution is -2.12. The van der Waals surface area contributed by atoms with Crippen LogP contribution in [0.25, 0.3) is 28.4 Å². The van der Waals surface area contributed by atoms with Gasteiger partial charge in [-0.15, -0.1) is 0 Å². The molecule has 0 unspecified atom stereocenters. The van der Waals surface area contributed by atoms with Crippen molar-refractivity contribution in [2.24, 2.45) is 0 Å². The second-order valence-electron chi connectivity index (χ2n) is 8.32. The molecule has 0 saturated heterocycles. The molecule has 194 valence electrons. The van der Waals surface area contributed by atoms with Crippen molar-refractivity contribution in [1.82, 2.24) is 0 Å². The van der Waals surface area contributed by atoms with Crippen molar-refractivity contribution in [1.29, 1.82) is 0 Å². The maximum Gasteiger partial charge on any atom is 0.291 e. The van der Waals surface area contributed by atoms with Crippen molar-refractivity contribution in [3.05, 3.63) is 113 Å². The van der Waals surface area contributed by atoms with Gasteiger partial charge in [-0.25, -0.2) is 0 Å². The molecule has 0 atom stereocenters. The summed E-state index contributed by atoms with van der Waals surface area (Å²) in [5.74, 6) is 0.264. The zero-order chi connectivity index (χ0) is 27.4. The Morgan fingerprint density at radius 1 is 0.923 bits per heavy atom. The molecule has 2 aromatic heterocycles. The smallest absolute Gasteiger partial charge is 0.291 e. The number of fused-ring (bicyclic) bond motifs is 1. The van der Waals surface area contributed by atoms with Crippen molar-refractivity contribution >= 4 is 45.9 Å². The molecule has 2 heterocycles. The monoisotopic (exact) mass is 523 g/mol. The SMILES string of the molecule is COc1cc(NC(=O)/C=C/c2ccc(-c3ccccc3[N+](=O)[O-])o2)ccc1NC(=O)c1cc2ccccc2o1. The fourth-order valence-electron chi connectivity index (χ4n) is 3.92. The number of hydrogen-bond donors (Lipinski definition) is 2. The number of anilines is 2. The summed E-state index contributed by atoms with van der Waals surface area (Å²) in [6.45, 7) is 0. The number of nitro groups is 1. The van der Waals surface area contributed by atoms with Gasteiger partial charge in [-0.3, -0.25) is 19.7 Å². The minimum absolute atomic E-state index is 0.0775. The summed E-state index contributed by atoms with van der Waals surface area (Å²) in [6.07, 6.45) is 2.72. The topological polar surface area (TPSA) is 137 Å². The van der Waals surface area contributed by atoms with Crippen molar-refractivity contribution in [3.8, 4) is 17.1 Å². The molecular weight excluding hydrogens is 502 g/mol. The summed E-state index contributed by atoms with van der Waals surface area (Å²) in [5.41, 5.74) is 1.70. The molecule has 39 heavy (non-hydrogen) atoms. The average Bonchev–Trinajstić information content (AvgIpc) is 3.60. The molecule has 0 aliphatic rings. The predicted molar refractivity (Wildman–Crippen MR) is 146 cm³/mol. The molecular formula is C29H21N3O7. The lowest BCUT2D eigenvalue weighted by Gasteiger charge is -2.11. The summed E-state index contributed by atoms with van der Waals surface area (Å²) in [5, 5.41) is 17.5. The van der Waals surface area contributed by atoms with E-state index in [1.165, 1.54) is 25.3 Å². The van der Waals surface area contributed by atoms with Gasteiger partial charge in [-0.05, 0) is 48.5 Å². The second kappa shape index (κ2) is 10.8. The molecule has 10 heteroatoms. The quantitative estimate of drug-likeness (QED) is 0.134. The Balaban J connectivity index is 1.24. The van der Waals surface area contributed by atoms with Crippen LogP contribution in [-0.2, 0) is 4.79 Å². The van der Waals surface area contributed by atoms with Crippen molar-refractivity contribution < 1.29 is 28.1 Å². The predicted octanol–water partition coefficient (Wildman–Crippen LogP) is 6.51. The zero-order valence-electron chi connectivity index (χ0n) is 20.5. The first-order valence-corrected chi connectivity index (χ1v) is 11.7. The van der Waals surface area contributed by atoms with E-state index in [0.717, 1.165) is 5.39 Å². The van der Waals surface area contributed by atoms with Crippen LogP contribution in [0.5, 0.6) is 5.75 Å². The van der Waals surface area contributed by atoms with E-state index in [-0.39, 0.29) is 11.4 Å². The van der Waals surface area contributed by atoms with Crippen LogP contribution in [-0.4, -0.2) is 23.8 Å². The van der Waals surface area contributed by atoms with Crippen LogP contribution in [0.1, 0.15) is 16.3 Å². The summed E-state index contributed by atoms with van der Waals surface area (Å²) in [6, 6.07) is 23.2. The zero-order valence-corrected chi connectivity index (χ0v) is 20.5. The minimum atomic E-state index is -0.481. The number of nitrogens with zero attached hydrogens (tertiary/aromatic N) is 1. The number of hydrogen-bond acceptors (Lipinski definition) is 7. The fraction of sp³-hybridized carbons (Fsp3) is 0.0345. The van der Waals surface area contributed by atoms with E-state index in [4.69, 9.17) is 13.6 Å². The highest BCUT2D eigenvalue weighted by atomic mass is 16.6. The largest absolute Gasteiger partial charge is 0.494 e. The summed E-state index contributed by atoms with van der Waals surface area (Å²) in [7, 11) is 1.45. The Morgan fingerprint density at radius 2 is 1.72 bits per heavy atom. The molecule has 5 rings (SSSR count). The molecule has 2 amide bonds. The van der Waals surface area contributed by atoms with E-state index in [0.29, 0.717) is 39.8 Å². The number of carbonyl (C=O) groups is 2. The number of carbonyl (C=O) groups excluding carboxylic acids is 2. The van der Waals surface area contributed by atoms with Crippen LogP contribution in [0.15, 0.2) is 99.8 Å². The van der Waals surface area contributed by atoms with E-state index in [1.54, 1.807) is 60.7 Å². The fourth-order valence-corrected chi connectivity index (χ4v) is 3.92. The average molecular weight is 524 g/mol. The van der Waals surface area contributed by atoms with E-state index in [2.05, 4.69) is 10.6 Å². The molecule has 0 aliphatic carbocycles. The third-order valence-corrected chi connectivity index (χ3v) is 5.76. The summed E-state index contributed by atoms with van der Waals surface area (Å²) < 4.78 is 16.7. The number of nitro benzene ring substituents is 1. The van der Waals surface area contributed by atoms with Gasteiger partial charge in [0.05, 0.1) is 23.3 Å². The molecule has 0 spiro atoms.